The fourth-order valence-corrected chi connectivity index (χ4v) is 13.5. The third kappa shape index (κ3) is 6.61. The maximum Gasteiger partial charge on any atom is 0.291 e. The summed E-state index contributed by atoms with van der Waals surface area (Å²) in [4.78, 5) is 17.5. The molecule has 0 aliphatic carbocycles. The van der Waals surface area contributed by atoms with Crippen LogP contribution in [-0.2, 0) is 0 Å². The minimum Gasteiger partial charge on any atom is -0.309 e. The van der Waals surface area contributed by atoms with Crippen LogP contribution in [0.2, 0.25) is 0 Å². The van der Waals surface area contributed by atoms with E-state index in [-0.39, 0.29) is 6.71 Å². The van der Waals surface area contributed by atoms with Crippen LogP contribution in [0.3, 0.4) is 0 Å². The van der Waals surface area contributed by atoms with Crippen molar-refractivity contribution >= 4 is 111 Å². The third-order valence-corrected chi connectivity index (χ3v) is 16.3. The molecule has 8 heteroatoms. The summed E-state index contributed by atoms with van der Waals surface area (Å²) < 4.78 is 9.46. The standard InChI is InChI=1S/C69H52BN7/c1-41-37-43(3)63(44(4)38-41)70(64-45(5)39-42(2)40-46(64)6)67-71-68(76-57-31-19-15-27-53(57)61-59(76)35-33-51-49-25-13-17-29-55(49)74(65(51)61)47-21-9-7-10-22-47)73-69(72-67)77-58-32-20-16-28-54(58)62-60(77)36-34-52-50-26-14-18-30-56(50)75(66(52)62)48-23-11-8-12-24-48/h7-40H,1-6H3. The van der Waals surface area contributed by atoms with Gasteiger partial charge < -0.3 is 9.13 Å². The summed E-state index contributed by atoms with van der Waals surface area (Å²) in [7, 11) is 0. The van der Waals surface area contributed by atoms with Gasteiger partial charge in [0, 0.05) is 54.5 Å². The van der Waals surface area contributed by atoms with E-state index in [2.05, 4.69) is 266 Å². The van der Waals surface area contributed by atoms with Crippen molar-refractivity contribution in [3.63, 3.8) is 0 Å². The predicted octanol–water partition coefficient (Wildman–Crippen LogP) is 14.6. The molecule has 0 N–H and O–H groups in total. The van der Waals surface area contributed by atoms with Crippen molar-refractivity contribution in [2.24, 2.45) is 0 Å². The van der Waals surface area contributed by atoms with Crippen molar-refractivity contribution in [3.05, 3.63) is 240 Å². The van der Waals surface area contributed by atoms with E-state index in [1.807, 2.05) is 0 Å². The first kappa shape index (κ1) is 44.9. The molecule has 0 fully saturated rings. The van der Waals surface area contributed by atoms with Gasteiger partial charge in [-0.1, -0.05) is 190 Å². The molecule has 7 nitrogen and oxygen atoms in total. The van der Waals surface area contributed by atoms with Gasteiger partial charge in [0.1, 0.15) is 5.72 Å². The number of nitrogens with zero attached hydrogens (tertiary/aromatic N) is 7. The van der Waals surface area contributed by atoms with Gasteiger partial charge in [-0.3, -0.25) is 9.13 Å². The van der Waals surface area contributed by atoms with Crippen LogP contribution in [0.25, 0.3) is 110 Å². The van der Waals surface area contributed by atoms with E-state index >= 15 is 0 Å². The lowest BCUT2D eigenvalue weighted by molar-refractivity contribution is 0.905. The van der Waals surface area contributed by atoms with Gasteiger partial charge in [0.2, 0.25) is 11.9 Å². The van der Waals surface area contributed by atoms with E-state index in [0.717, 1.165) is 77.1 Å². The van der Waals surface area contributed by atoms with Crippen molar-refractivity contribution in [1.29, 1.82) is 0 Å². The van der Waals surface area contributed by atoms with Gasteiger partial charge in [-0.05, 0) is 102 Å². The average Bonchev–Trinajstić information content (AvgIpc) is 4.38. The molecule has 0 saturated heterocycles. The van der Waals surface area contributed by atoms with Gasteiger partial charge in [-0.2, -0.15) is 4.98 Å². The molecule has 5 aromatic heterocycles. The Morgan fingerprint density at radius 3 is 1.03 bits per heavy atom. The Hall–Kier alpha value is -9.53. The molecule has 0 aliphatic rings. The van der Waals surface area contributed by atoms with E-state index in [0.29, 0.717) is 17.6 Å². The highest BCUT2D eigenvalue weighted by Gasteiger charge is 2.34. The van der Waals surface area contributed by atoms with Crippen LogP contribution in [0.5, 0.6) is 0 Å². The summed E-state index contributed by atoms with van der Waals surface area (Å²) in [6, 6.07) is 75.0. The summed E-state index contributed by atoms with van der Waals surface area (Å²) in [6.45, 7) is 13.0. The second-order valence-electron chi connectivity index (χ2n) is 21.1. The van der Waals surface area contributed by atoms with Crippen LogP contribution in [0.4, 0.5) is 0 Å². The SMILES string of the molecule is Cc1cc(C)c(B(c2nc(-n3c4ccccc4c4c3ccc3c5ccccc5n(-c5ccccc5)c34)nc(-n3c4ccccc4c4c3ccc3c5ccccc5n(-c5ccccc5)c34)n2)c2c(C)cc(C)cc2C)c(C)c1. The lowest BCUT2D eigenvalue weighted by Crippen LogP contribution is -2.58. The second kappa shape index (κ2) is 17.0. The topological polar surface area (TPSA) is 58.4 Å². The Labute approximate surface area is 446 Å². The summed E-state index contributed by atoms with van der Waals surface area (Å²) in [5, 5.41) is 9.32. The van der Waals surface area contributed by atoms with Crippen LogP contribution in [-0.4, -0.2) is 39.9 Å². The van der Waals surface area contributed by atoms with E-state index in [1.165, 1.54) is 65.9 Å². The smallest absolute Gasteiger partial charge is 0.291 e. The molecule has 0 amide bonds. The number of fused-ring (bicyclic) bond motifs is 14. The minimum atomic E-state index is -0.336. The maximum absolute atomic E-state index is 5.86. The molecule has 0 unspecified atom stereocenters. The van der Waals surface area contributed by atoms with Crippen LogP contribution in [0.1, 0.15) is 33.4 Å². The molecule has 0 bridgehead atoms. The Kier molecular flexibility index (Phi) is 9.92. The van der Waals surface area contributed by atoms with Crippen LogP contribution >= 0.6 is 0 Å². The first-order valence-corrected chi connectivity index (χ1v) is 26.7. The van der Waals surface area contributed by atoms with E-state index in [4.69, 9.17) is 15.0 Å². The highest BCUT2D eigenvalue weighted by Crippen LogP contribution is 2.44. The molecule has 77 heavy (non-hydrogen) atoms. The summed E-state index contributed by atoms with van der Waals surface area (Å²) in [6.07, 6.45) is 0. The van der Waals surface area contributed by atoms with Gasteiger partial charge >= 0.3 is 0 Å². The molecule has 0 atom stereocenters. The summed E-state index contributed by atoms with van der Waals surface area (Å²) in [5.74, 6) is 1.11. The van der Waals surface area contributed by atoms with Crippen molar-refractivity contribution in [2.45, 2.75) is 41.5 Å². The number of hydrogen-bond donors (Lipinski definition) is 0. The van der Waals surface area contributed by atoms with E-state index < -0.39 is 0 Å². The average molecular weight is 990 g/mol. The number of aryl methyl sites for hydroxylation is 6. The lowest BCUT2D eigenvalue weighted by atomic mass is 9.37. The number of rotatable bonds is 7. The Balaban J connectivity index is 1.11. The zero-order valence-electron chi connectivity index (χ0n) is 43.8. The number of aromatic nitrogens is 7. The van der Waals surface area contributed by atoms with Gasteiger partial charge in [-0.15, -0.1) is 0 Å². The lowest BCUT2D eigenvalue weighted by Gasteiger charge is -2.24. The van der Waals surface area contributed by atoms with Crippen molar-refractivity contribution < 1.29 is 0 Å². The summed E-state index contributed by atoms with van der Waals surface area (Å²) >= 11 is 0. The zero-order chi connectivity index (χ0) is 51.8. The molecule has 366 valence electrons. The Morgan fingerprint density at radius 2 is 0.636 bits per heavy atom. The Bertz CT molecular complexity index is 4590. The predicted molar refractivity (Wildman–Crippen MR) is 323 cm³/mol. The quantitative estimate of drug-likeness (QED) is 0.150. The maximum atomic E-state index is 5.86. The fourth-order valence-electron chi connectivity index (χ4n) is 13.5. The van der Waals surface area contributed by atoms with Gasteiger partial charge in [0.05, 0.1) is 44.1 Å². The Morgan fingerprint density at radius 1 is 0.299 bits per heavy atom. The van der Waals surface area contributed by atoms with Gasteiger partial charge in [-0.25, -0.2) is 9.97 Å². The molecule has 0 aliphatic heterocycles. The molecular formula is C69H52BN7. The van der Waals surface area contributed by atoms with Gasteiger partial charge in [0.15, 0.2) is 0 Å². The van der Waals surface area contributed by atoms with Crippen LogP contribution in [0.15, 0.2) is 206 Å². The number of para-hydroxylation sites is 6. The second-order valence-corrected chi connectivity index (χ2v) is 21.1. The summed E-state index contributed by atoms with van der Waals surface area (Å²) in [5.41, 5.74) is 21.3. The normalized spacial score (nSPS) is 12.0. The van der Waals surface area contributed by atoms with Crippen LogP contribution in [0, 0.1) is 41.5 Å². The van der Waals surface area contributed by atoms with E-state index in [9.17, 15) is 0 Å². The highest BCUT2D eigenvalue weighted by molar-refractivity contribution is 6.95. The largest absolute Gasteiger partial charge is 0.309 e. The van der Waals surface area contributed by atoms with Crippen molar-refractivity contribution in [2.75, 3.05) is 0 Å². The van der Waals surface area contributed by atoms with Gasteiger partial charge in [0.25, 0.3) is 6.71 Å². The molecule has 10 aromatic carbocycles. The molecule has 15 rings (SSSR count). The van der Waals surface area contributed by atoms with Crippen molar-refractivity contribution in [3.8, 4) is 23.3 Å². The van der Waals surface area contributed by atoms with Crippen LogP contribution < -0.4 is 16.6 Å². The molecular weight excluding hydrogens is 938 g/mol. The zero-order valence-corrected chi connectivity index (χ0v) is 43.8. The molecule has 5 heterocycles. The first-order chi connectivity index (χ1) is 37.7. The molecule has 15 aromatic rings. The molecule has 0 radical (unpaired) electrons. The molecule has 0 saturated carbocycles. The minimum absolute atomic E-state index is 0.336. The number of hydrogen-bond acceptors (Lipinski definition) is 3. The fraction of sp³-hybridized carbons (Fsp3) is 0.0870. The highest BCUT2D eigenvalue weighted by atomic mass is 15.3. The molecule has 0 spiro atoms. The first-order valence-electron chi connectivity index (χ1n) is 26.7. The monoisotopic (exact) mass is 989 g/mol. The van der Waals surface area contributed by atoms with Crippen molar-refractivity contribution in [1.82, 2.24) is 33.2 Å². The third-order valence-electron chi connectivity index (χ3n) is 16.3. The number of benzene rings is 10. The van der Waals surface area contributed by atoms with E-state index in [1.54, 1.807) is 0 Å².